The first-order valence-electron chi connectivity index (χ1n) is 5.60. The van der Waals surface area contributed by atoms with Gasteiger partial charge >= 0.3 is 0 Å². The summed E-state index contributed by atoms with van der Waals surface area (Å²) >= 11 is 0. The molecule has 0 aliphatic carbocycles. The summed E-state index contributed by atoms with van der Waals surface area (Å²) in [7, 11) is 0. The van der Waals surface area contributed by atoms with E-state index in [1.54, 1.807) is 12.3 Å². The van der Waals surface area contributed by atoms with Crippen molar-refractivity contribution >= 4 is 11.7 Å². The third-order valence-corrected chi connectivity index (χ3v) is 2.52. The largest absolute Gasteiger partial charge is 0.505 e. The molecule has 5 nitrogen and oxygen atoms in total. The van der Waals surface area contributed by atoms with Gasteiger partial charge in [-0.15, -0.1) is 0 Å². The number of hydrogen-bond donors (Lipinski definition) is 2. The second-order valence-electron chi connectivity index (χ2n) is 3.75. The molecule has 0 spiro atoms. The Kier molecular flexibility index (Phi) is 3.52. The summed E-state index contributed by atoms with van der Waals surface area (Å²) in [4.78, 5) is 19.7. The van der Waals surface area contributed by atoms with Crippen LogP contribution < -0.4 is 5.32 Å². The van der Waals surface area contributed by atoms with Crippen molar-refractivity contribution in [2.75, 3.05) is 5.32 Å². The van der Waals surface area contributed by atoms with Crippen LogP contribution in [-0.4, -0.2) is 21.0 Å². The van der Waals surface area contributed by atoms with Gasteiger partial charge in [-0.25, -0.2) is 4.98 Å². The molecule has 0 radical (unpaired) electrons. The minimum Gasteiger partial charge on any atom is -0.505 e. The third kappa shape index (κ3) is 2.63. The molecule has 0 atom stereocenters. The lowest BCUT2D eigenvalue weighted by molar-refractivity contribution is 0.102. The summed E-state index contributed by atoms with van der Waals surface area (Å²) < 4.78 is 0. The molecule has 18 heavy (non-hydrogen) atoms. The number of hydrogen-bond acceptors (Lipinski definition) is 4. The standard InChI is InChI=1S/C13H13N3O2/c1-2-9-3-6-15-12(7-9)16-13(18)10-4-5-14-8-11(10)17/h3-8,17H,2H2,1H3,(H,15,16,18). The first-order chi connectivity index (χ1) is 8.70. The number of anilines is 1. The molecular formula is C13H13N3O2. The molecule has 0 unspecified atom stereocenters. The maximum Gasteiger partial charge on any atom is 0.260 e. The quantitative estimate of drug-likeness (QED) is 0.864. The number of rotatable bonds is 3. The minimum atomic E-state index is -0.407. The molecule has 1 amide bonds. The maximum absolute atomic E-state index is 11.9. The van der Waals surface area contributed by atoms with E-state index in [1.165, 1.54) is 18.5 Å². The second kappa shape index (κ2) is 5.27. The van der Waals surface area contributed by atoms with E-state index in [0.29, 0.717) is 5.82 Å². The van der Waals surface area contributed by atoms with Crippen LogP contribution in [0.5, 0.6) is 5.75 Å². The van der Waals surface area contributed by atoms with Crippen molar-refractivity contribution in [3.8, 4) is 5.75 Å². The van der Waals surface area contributed by atoms with Crippen LogP contribution in [0.3, 0.4) is 0 Å². The highest BCUT2D eigenvalue weighted by molar-refractivity contribution is 6.05. The van der Waals surface area contributed by atoms with E-state index in [2.05, 4.69) is 15.3 Å². The smallest absolute Gasteiger partial charge is 0.260 e. The highest BCUT2D eigenvalue weighted by Crippen LogP contribution is 2.16. The number of amides is 1. The van der Waals surface area contributed by atoms with E-state index in [-0.39, 0.29) is 11.3 Å². The number of carbonyl (C=O) groups excluding carboxylic acids is 1. The zero-order valence-corrected chi connectivity index (χ0v) is 9.92. The summed E-state index contributed by atoms with van der Waals surface area (Å²) in [5.41, 5.74) is 1.26. The fourth-order valence-electron chi connectivity index (χ4n) is 1.52. The number of nitrogens with one attached hydrogen (secondary N) is 1. The number of pyridine rings is 2. The topological polar surface area (TPSA) is 75.1 Å². The van der Waals surface area contributed by atoms with Crippen LogP contribution >= 0.6 is 0 Å². The highest BCUT2D eigenvalue weighted by Gasteiger charge is 2.11. The van der Waals surface area contributed by atoms with Crippen LogP contribution in [0.15, 0.2) is 36.8 Å². The van der Waals surface area contributed by atoms with Crippen molar-refractivity contribution in [1.29, 1.82) is 0 Å². The molecule has 2 N–H and O–H groups in total. The van der Waals surface area contributed by atoms with Crippen LogP contribution in [0, 0.1) is 0 Å². The van der Waals surface area contributed by atoms with E-state index >= 15 is 0 Å². The molecule has 0 saturated carbocycles. The van der Waals surface area contributed by atoms with Gasteiger partial charge in [-0.2, -0.15) is 0 Å². The lowest BCUT2D eigenvalue weighted by Gasteiger charge is -2.06. The molecule has 5 heteroatoms. The SMILES string of the molecule is CCc1ccnc(NC(=O)c2ccncc2O)c1. The Morgan fingerprint density at radius 2 is 2.22 bits per heavy atom. The predicted molar refractivity (Wildman–Crippen MR) is 67.5 cm³/mol. The lowest BCUT2D eigenvalue weighted by Crippen LogP contribution is -2.13. The normalized spacial score (nSPS) is 10.1. The molecular weight excluding hydrogens is 230 g/mol. The Hall–Kier alpha value is -2.43. The Bertz CT molecular complexity index is 570. The summed E-state index contributed by atoms with van der Waals surface area (Å²) in [5, 5.41) is 12.2. The monoisotopic (exact) mass is 243 g/mol. The summed E-state index contributed by atoms with van der Waals surface area (Å²) in [6.45, 7) is 2.02. The van der Waals surface area contributed by atoms with E-state index in [0.717, 1.165) is 12.0 Å². The summed E-state index contributed by atoms with van der Waals surface area (Å²) in [5.74, 6) is -0.0899. The van der Waals surface area contributed by atoms with Gasteiger partial charge < -0.3 is 10.4 Å². The highest BCUT2D eigenvalue weighted by atomic mass is 16.3. The molecule has 0 aliphatic rings. The van der Waals surface area contributed by atoms with Crippen molar-refractivity contribution in [3.63, 3.8) is 0 Å². The van der Waals surface area contributed by atoms with E-state index in [4.69, 9.17) is 0 Å². The third-order valence-electron chi connectivity index (χ3n) is 2.52. The molecule has 92 valence electrons. The first kappa shape index (κ1) is 12.0. The zero-order valence-electron chi connectivity index (χ0n) is 9.92. The molecule has 0 saturated heterocycles. The predicted octanol–water partition coefficient (Wildman–Crippen LogP) is 2.00. The van der Waals surface area contributed by atoms with Gasteiger partial charge in [0.15, 0.2) is 0 Å². The molecule has 0 bridgehead atoms. The van der Waals surface area contributed by atoms with E-state index < -0.39 is 5.91 Å². The van der Waals surface area contributed by atoms with E-state index in [1.807, 2.05) is 13.0 Å². The molecule has 2 heterocycles. The van der Waals surface area contributed by atoms with E-state index in [9.17, 15) is 9.90 Å². The Balaban J connectivity index is 2.19. The average Bonchev–Trinajstić information content (AvgIpc) is 2.39. The van der Waals surface area contributed by atoms with Gasteiger partial charge in [0.25, 0.3) is 5.91 Å². The van der Waals surface area contributed by atoms with Gasteiger partial charge in [-0.05, 0) is 30.2 Å². The molecule has 0 fully saturated rings. The van der Waals surface area contributed by atoms with Crippen molar-refractivity contribution in [2.45, 2.75) is 13.3 Å². The fraction of sp³-hybridized carbons (Fsp3) is 0.154. The fourth-order valence-corrected chi connectivity index (χ4v) is 1.52. The van der Waals surface area contributed by atoms with Gasteiger partial charge in [0, 0.05) is 12.4 Å². The van der Waals surface area contributed by atoms with Gasteiger partial charge in [-0.1, -0.05) is 6.92 Å². The molecule has 0 aliphatic heterocycles. The van der Waals surface area contributed by atoms with Gasteiger partial charge in [-0.3, -0.25) is 9.78 Å². The number of carbonyl (C=O) groups is 1. The van der Waals surface area contributed by atoms with Crippen molar-refractivity contribution in [3.05, 3.63) is 47.9 Å². The van der Waals surface area contributed by atoms with Crippen molar-refractivity contribution in [2.24, 2.45) is 0 Å². The maximum atomic E-state index is 11.9. The van der Waals surface area contributed by atoms with Crippen LogP contribution in [0.4, 0.5) is 5.82 Å². The molecule has 0 aromatic carbocycles. The first-order valence-corrected chi connectivity index (χ1v) is 5.60. The Morgan fingerprint density at radius 3 is 2.94 bits per heavy atom. The number of aryl methyl sites for hydroxylation is 1. The van der Waals surface area contributed by atoms with Crippen LogP contribution in [0.2, 0.25) is 0 Å². The average molecular weight is 243 g/mol. The van der Waals surface area contributed by atoms with Gasteiger partial charge in [0.2, 0.25) is 0 Å². The van der Waals surface area contributed by atoms with Crippen LogP contribution in [0.1, 0.15) is 22.8 Å². The van der Waals surface area contributed by atoms with Crippen molar-refractivity contribution in [1.82, 2.24) is 9.97 Å². The number of nitrogens with zero attached hydrogens (tertiary/aromatic N) is 2. The van der Waals surface area contributed by atoms with Gasteiger partial charge in [0.05, 0.1) is 11.8 Å². The summed E-state index contributed by atoms with van der Waals surface area (Å²) in [6.07, 6.45) is 5.18. The molecule has 2 aromatic rings. The van der Waals surface area contributed by atoms with Gasteiger partial charge in [0.1, 0.15) is 11.6 Å². The Morgan fingerprint density at radius 1 is 1.39 bits per heavy atom. The molecule has 2 aromatic heterocycles. The van der Waals surface area contributed by atoms with Crippen LogP contribution in [-0.2, 0) is 6.42 Å². The lowest BCUT2D eigenvalue weighted by atomic mass is 10.2. The zero-order chi connectivity index (χ0) is 13.0. The van der Waals surface area contributed by atoms with Crippen LogP contribution in [0.25, 0.3) is 0 Å². The minimum absolute atomic E-state index is 0.151. The second-order valence-corrected chi connectivity index (χ2v) is 3.75. The Labute approximate surface area is 105 Å². The number of aromatic hydroxyl groups is 1. The van der Waals surface area contributed by atoms with Crippen molar-refractivity contribution < 1.29 is 9.90 Å². The molecule has 2 rings (SSSR count). The summed E-state index contributed by atoms with van der Waals surface area (Å²) in [6, 6.07) is 5.14. The number of aromatic nitrogens is 2.